The second kappa shape index (κ2) is 7.55. The molecule has 0 aliphatic rings. The van der Waals surface area contributed by atoms with Crippen LogP contribution in [0, 0.1) is 0 Å². The van der Waals surface area contributed by atoms with Gasteiger partial charge in [0.2, 0.25) is 0 Å². The van der Waals surface area contributed by atoms with Crippen LogP contribution in [0.5, 0.6) is 0 Å². The molecule has 0 saturated carbocycles. The van der Waals surface area contributed by atoms with E-state index in [4.69, 9.17) is 16.6 Å². The van der Waals surface area contributed by atoms with Crippen molar-refractivity contribution in [1.82, 2.24) is 19.1 Å². The summed E-state index contributed by atoms with van der Waals surface area (Å²) in [4.78, 5) is 22.8. The van der Waals surface area contributed by atoms with Crippen LogP contribution in [0.25, 0.3) is 33.9 Å². The normalized spacial score (nSPS) is 11.1. The average Bonchev–Trinajstić information content (AvgIpc) is 3.20. The maximum absolute atomic E-state index is 13.5. The quantitative estimate of drug-likeness (QED) is 0.337. The van der Waals surface area contributed by atoms with Crippen molar-refractivity contribution in [3.05, 3.63) is 105 Å². The predicted molar refractivity (Wildman–Crippen MR) is 123 cm³/mol. The zero-order valence-electron chi connectivity index (χ0n) is 15.5. The van der Waals surface area contributed by atoms with Gasteiger partial charge in [-0.2, -0.15) is 0 Å². The molecule has 0 saturated heterocycles. The lowest BCUT2D eigenvalue weighted by Gasteiger charge is -2.13. The molecule has 2 aromatic heterocycles. The molecule has 0 N–H and O–H groups in total. The van der Waals surface area contributed by atoms with E-state index in [1.165, 1.54) is 0 Å². The van der Waals surface area contributed by atoms with Gasteiger partial charge in [0.1, 0.15) is 12.2 Å². The van der Waals surface area contributed by atoms with Gasteiger partial charge in [-0.25, -0.2) is 9.97 Å². The fraction of sp³-hybridized carbons (Fsp3) is 0. The zero-order chi connectivity index (χ0) is 20.7. The Kier molecular flexibility index (Phi) is 4.73. The van der Waals surface area contributed by atoms with Gasteiger partial charge in [0.25, 0.3) is 5.56 Å². The van der Waals surface area contributed by atoms with E-state index in [0.29, 0.717) is 27.7 Å². The summed E-state index contributed by atoms with van der Waals surface area (Å²) in [7, 11) is 0. The summed E-state index contributed by atoms with van der Waals surface area (Å²) in [6.45, 7) is 0. The van der Waals surface area contributed by atoms with E-state index in [1.54, 1.807) is 35.2 Å². The highest BCUT2D eigenvalue weighted by Gasteiger charge is 2.18. The number of para-hydroxylation sites is 1. The van der Waals surface area contributed by atoms with Crippen molar-refractivity contribution < 1.29 is 0 Å². The minimum atomic E-state index is -0.241. The smallest absolute Gasteiger partial charge is 0.283 e. The van der Waals surface area contributed by atoms with Gasteiger partial charge in [-0.1, -0.05) is 57.9 Å². The third-order valence-electron chi connectivity index (χ3n) is 4.79. The number of rotatable bonds is 3. The van der Waals surface area contributed by atoms with Crippen LogP contribution in [0.2, 0.25) is 5.02 Å². The molecule has 0 aliphatic heterocycles. The first-order valence-corrected chi connectivity index (χ1v) is 10.4. The molecule has 0 unspecified atom stereocenters. The number of imidazole rings is 1. The Bertz CT molecular complexity index is 1410. The summed E-state index contributed by atoms with van der Waals surface area (Å²) in [5.74, 6) is 0.528. The SMILES string of the molecule is O=c1c2ncn(-c3ccccc3)c2nc(-c2ccc(Br)cc2)n1-c1ccc(Cl)cc1. The molecule has 30 heavy (non-hydrogen) atoms. The molecule has 5 rings (SSSR count). The van der Waals surface area contributed by atoms with E-state index < -0.39 is 0 Å². The van der Waals surface area contributed by atoms with Crippen LogP contribution >= 0.6 is 27.5 Å². The molecule has 0 radical (unpaired) electrons. The lowest BCUT2D eigenvalue weighted by molar-refractivity contribution is 0.962. The molecular formula is C23H14BrClN4O. The van der Waals surface area contributed by atoms with E-state index in [1.807, 2.05) is 59.2 Å². The van der Waals surface area contributed by atoms with Gasteiger partial charge in [-0.05, 0) is 48.5 Å². The Morgan fingerprint density at radius 1 is 0.833 bits per heavy atom. The van der Waals surface area contributed by atoms with Crippen molar-refractivity contribution in [3.8, 4) is 22.8 Å². The van der Waals surface area contributed by atoms with E-state index in [9.17, 15) is 4.79 Å². The maximum Gasteiger partial charge on any atom is 0.286 e. The van der Waals surface area contributed by atoms with Crippen LogP contribution in [0.4, 0.5) is 0 Å². The summed E-state index contributed by atoms with van der Waals surface area (Å²) in [6.07, 6.45) is 1.63. The van der Waals surface area contributed by atoms with Crippen molar-refractivity contribution in [1.29, 1.82) is 0 Å². The third kappa shape index (κ3) is 3.24. The molecule has 146 valence electrons. The highest BCUT2D eigenvalue weighted by molar-refractivity contribution is 9.10. The number of benzene rings is 3. The molecular weight excluding hydrogens is 464 g/mol. The molecule has 0 fully saturated rings. The first-order valence-electron chi connectivity index (χ1n) is 9.19. The molecule has 3 aromatic carbocycles. The molecule has 0 spiro atoms. The van der Waals surface area contributed by atoms with E-state index >= 15 is 0 Å². The molecule has 0 amide bonds. The molecule has 0 atom stereocenters. The molecule has 2 heterocycles. The van der Waals surface area contributed by atoms with Crippen LogP contribution in [0.3, 0.4) is 0 Å². The first kappa shape index (κ1) is 18.8. The van der Waals surface area contributed by atoms with Crippen molar-refractivity contribution in [3.63, 3.8) is 0 Å². The van der Waals surface area contributed by atoms with Crippen LogP contribution in [0.15, 0.2) is 94.5 Å². The Morgan fingerprint density at radius 3 is 2.23 bits per heavy atom. The first-order chi connectivity index (χ1) is 14.6. The second-order valence-corrected chi connectivity index (χ2v) is 8.03. The summed E-state index contributed by atoms with van der Waals surface area (Å²) in [6, 6.07) is 24.5. The van der Waals surface area contributed by atoms with Gasteiger partial charge < -0.3 is 0 Å². The Balaban J connectivity index is 1.85. The van der Waals surface area contributed by atoms with Crippen molar-refractivity contribution in [2.24, 2.45) is 0 Å². The van der Waals surface area contributed by atoms with Crippen molar-refractivity contribution in [2.45, 2.75) is 0 Å². The van der Waals surface area contributed by atoms with Crippen LogP contribution in [-0.4, -0.2) is 19.1 Å². The molecule has 0 aliphatic carbocycles. The highest BCUT2D eigenvalue weighted by atomic mass is 79.9. The number of halogens is 2. The summed E-state index contributed by atoms with van der Waals surface area (Å²) in [5, 5.41) is 0.597. The summed E-state index contributed by atoms with van der Waals surface area (Å²) >= 11 is 9.52. The largest absolute Gasteiger partial charge is 0.286 e. The van der Waals surface area contributed by atoms with Crippen molar-refractivity contribution >= 4 is 38.7 Å². The fourth-order valence-corrected chi connectivity index (χ4v) is 3.74. The molecule has 0 bridgehead atoms. The Morgan fingerprint density at radius 2 is 1.53 bits per heavy atom. The van der Waals surface area contributed by atoms with Gasteiger partial charge in [-0.3, -0.25) is 13.9 Å². The fourth-order valence-electron chi connectivity index (χ4n) is 3.35. The summed E-state index contributed by atoms with van der Waals surface area (Å²) in [5.41, 5.74) is 2.94. The van der Waals surface area contributed by atoms with Crippen LogP contribution in [0.1, 0.15) is 0 Å². The van der Waals surface area contributed by atoms with Gasteiger partial charge in [0.05, 0.1) is 5.69 Å². The van der Waals surface area contributed by atoms with Gasteiger partial charge in [0.15, 0.2) is 11.2 Å². The Hall–Kier alpha value is -3.22. The van der Waals surface area contributed by atoms with Crippen LogP contribution in [-0.2, 0) is 0 Å². The lowest BCUT2D eigenvalue weighted by Crippen LogP contribution is -2.22. The van der Waals surface area contributed by atoms with E-state index in [-0.39, 0.29) is 5.56 Å². The minimum Gasteiger partial charge on any atom is -0.283 e. The van der Waals surface area contributed by atoms with E-state index in [0.717, 1.165) is 15.7 Å². The topological polar surface area (TPSA) is 52.7 Å². The standard InChI is InChI=1S/C23H14BrClN4O/c24-16-8-6-15(7-9-16)21-27-22-20(26-14-28(22)18-4-2-1-3-5-18)23(30)29(21)19-12-10-17(25)11-13-19/h1-14H. The lowest BCUT2D eigenvalue weighted by atomic mass is 10.2. The van der Waals surface area contributed by atoms with Gasteiger partial charge >= 0.3 is 0 Å². The van der Waals surface area contributed by atoms with Crippen molar-refractivity contribution in [2.75, 3.05) is 0 Å². The minimum absolute atomic E-state index is 0.241. The molecule has 7 heteroatoms. The number of fused-ring (bicyclic) bond motifs is 1. The summed E-state index contributed by atoms with van der Waals surface area (Å²) < 4.78 is 4.34. The van der Waals surface area contributed by atoms with Gasteiger partial charge in [0, 0.05) is 20.7 Å². The maximum atomic E-state index is 13.5. The van der Waals surface area contributed by atoms with Gasteiger partial charge in [-0.15, -0.1) is 0 Å². The average molecular weight is 478 g/mol. The molecule has 5 aromatic rings. The second-order valence-electron chi connectivity index (χ2n) is 6.68. The Labute approximate surface area is 185 Å². The zero-order valence-corrected chi connectivity index (χ0v) is 17.9. The third-order valence-corrected chi connectivity index (χ3v) is 5.57. The number of nitrogens with zero attached hydrogens (tertiary/aromatic N) is 4. The highest BCUT2D eigenvalue weighted by Crippen LogP contribution is 2.25. The number of hydrogen-bond acceptors (Lipinski definition) is 3. The molecule has 5 nitrogen and oxygen atoms in total. The number of aromatic nitrogens is 4. The van der Waals surface area contributed by atoms with Crippen LogP contribution < -0.4 is 5.56 Å². The number of hydrogen-bond donors (Lipinski definition) is 0. The predicted octanol–water partition coefficient (Wildman–Crippen LogP) is 5.65. The monoisotopic (exact) mass is 476 g/mol. The van der Waals surface area contributed by atoms with E-state index in [2.05, 4.69) is 20.9 Å².